The van der Waals surface area contributed by atoms with Gasteiger partial charge in [-0.2, -0.15) is 0 Å². The predicted octanol–water partition coefficient (Wildman–Crippen LogP) is 1.09. The van der Waals surface area contributed by atoms with Gasteiger partial charge in [0, 0.05) is 31.7 Å². The summed E-state index contributed by atoms with van der Waals surface area (Å²) in [6, 6.07) is 5.40. The van der Waals surface area contributed by atoms with E-state index in [-0.39, 0.29) is 12.0 Å². The number of hydrogen-bond donors (Lipinski definition) is 1. The first kappa shape index (κ1) is 13.4. The maximum atomic E-state index is 12.5. The quantitative estimate of drug-likeness (QED) is 0.852. The largest absolute Gasteiger partial charge is 0.453 e. The molecule has 2 amide bonds. The first-order valence-corrected chi connectivity index (χ1v) is 6.74. The van der Waals surface area contributed by atoms with E-state index in [4.69, 9.17) is 0 Å². The Balaban J connectivity index is 1.70. The summed E-state index contributed by atoms with van der Waals surface area (Å²) in [5.74, 6) is -0.0315. The molecule has 7 heteroatoms. The number of hydrogen-bond acceptors (Lipinski definition) is 4. The Kier molecular flexibility index (Phi) is 3.47. The van der Waals surface area contributed by atoms with Crippen LogP contribution in [0.5, 0.6) is 0 Å². The Labute approximate surface area is 121 Å². The lowest BCUT2D eigenvalue weighted by Crippen LogP contribution is -2.50. The van der Waals surface area contributed by atoms with Crippen LogP contribution in [0.25, 0.3) is 11.0 Å². The number of aromatic amines is 1. The molecule has 0 unspecified atom stereocenters. The highest BCUT2D eigenvalue weighted by Gasteiger charge is 2.25. The maximum absolute atomic E-state index is 12.5. The summed E-state index contributed by atoms with van der Waals surface area (Å²) >= 11 is 0. The summed E-state index contributed by atoms with van der Waals surface area (Å²) in [5.41, 5.74) is 2.30. The molecular weight excluding hydrogens is 272 g/mol. The number of benzene rings is 1. The van der Waals surface area contributed by atoms with E-state index in [2.05, 4.69) is 14.7 Å². The zero-order chi connectivity index (χ0) is 14.8. The Bertz CT molecular complexity index is 674. The third-order valence-corrected chi connectivity index (χ3v) is 3.67. The van der Waals surface area contributed by atoms with Crippen molar-refractivity contribution in [2.24, 2.45) is 0 Å². The van der Waals surface area contributed by atoms with E-state index in [1.165, 1.54) is 7.11 Å². The third kappa shape index (κ3) is 2.54. The van der Waals surface area contributed by atoms with Crippen LogP contribution in [0.1, 0.15) is 10.4 Å². The van der Waals surface area contributed by atoms with Crippen LogP contribution < -0.4 is 0 Å². The number of piperazine rings is 1. The van der Waals surface area contributed by atoms with Crippen molar-refractivity contribution < 1.29 is 14.3 Å². The fourth-order valence-electron chi connectivity index (χ4n) is 2.47. The number of amides is 2. The van der Waals surface area contributed by atoms with E-state index in [0.717, 1.165) is 11.0 Å². The highest BCUT2D eigenvalue weighted by molar-refractivity contribution is 5.97. The van der Waals surface area contributed by atoms with Gasteiger partial charge in [-0.25, -0.2) is 9.78 Å². The van der Waals surface area contributed by atoms with E-state index in [1.54, 1.807) is 28.3 Å². The molecule has 0 bridgehead atoms. The van der Waals surface area contributed by atoms with Crippen LogP contribution in [0.15, 0.2) is 24.5 Å². The second-order valence-corrected chi connectivity index (χ2v) is 4.88. The van der Waals surface area contributed by atoms with Crippen LogP contribution in [-0.2, 0) is 4.74 Å². The molecule has 7 nitrogen and oxygen atoms in total. The first-order valence-electron chi connectivity index (χ1n) is 6.74. The van der Waals surface area contributed by atoms with Gasteiger partial charge in [0.05, 0.1) is 24.5 Å². The normalized spacial score (nSPS) is 15.3. The number of nitrogens with one attached hydrogen (secondary N) is 1. The van der Waals surface area contributed by atoms with Gasteiger partial charge in [-0.15, -0.1) is 0 Å². The van der Waals surface area contributed by atoms with Gasteiger partial charge in [-0.05, 0) is 18.2 Å². The van der Waals surface area contributed by atoms with Gasteiger partial charge < -0.3 is 19.5 Å². The molecule has 2 heterocycles. The number of ether oxygens (including phenoxy) is 1. The average Bonchev–Trinajstić information content (AvgIpc) is 3.01. The van der Waals surface area contributed by atoms with Gasteiger partial charge >= 0.3 is 6.09 Å². The van der Waals surface area contributed by atoms with E-state index in [1.807, 2.05) is 6.07 Å². The van der Waals surface area contributed by atoms with Crippen molar-refractivity contribution in [2.75, 3.05) is 33.3 Å². The molecule has 3 rings (SSSR count). The number of H-pyrrole nitrogens is 1. The zero-order valence-corrected chi connectivity index (χ0v) is 11.7. The Hall–Kier alpha value is -2.57. The number of carbonyl (C=O) groups excluding carboxylic acids is 2. The van der Waals surface area contributed by atoms with Crippen molar-refractivity contribution in [2.45, 2.75) is 0 Å². The van der Waals surface area contributed by atoms with E-state index >= 15 is 0 Å². The molecule has 21 heavy (non-hydrogen) atoms. The summed E-state index contributed by atoms with van der Waals surface area (Å²) in [7, 11) is 1.36. The molecule has 110 valence electrons. The summed E-state index contributed by atoms with van der Waals surface area (Å²) in [5, 5.41) is 0. The molecule has 1 aromatic heterocycles. The molecule has 1 aliphatic heterocycles. The number of imidazole rings is 1. The minimum atomic E-state index is -0.346. The van der Waals surface area contributed by atoms with Crippen LogP contribution in [0.3, 0.4) is 0 Å². The molecule has 2 aromatic rings. The van der Waals surface area contributed by atoms with Crippen LogP contribution in [0.2, 0.25) is 0 Å². The zero-order valence-electron chi connectivity index (χ0n) is 11.7. The maximum Gasteiger partial charge on any atom is 0.409 e. The molecule has 1 aromatic carbocycles. The summed E-state index contributed by atoms with van der Waals surface area (Å²) in [6.07, 6.45) is 1.26. The molecule has 0 saturated carbocycles. The molecule has 1 fully saturated rings. The molecule has 0 radical (unpaired) electrons. The van der Waals surface area contributed by atoms with Gasteiger partial charge in [0.15, 0.2) is 0 Å². The number of carbonyl (C=O) groups is 2. The molecular formula is C14H16N4O3. The fourth-order valence-corrected chi connectivity index (χ4v) is 2.47. The monoisotopic (exact) mass is 288 g/mol. The first-order chi connectivity index (χ1) is 10.2. The SMILES string of the molecule is COC(=O)N1CCN(C(=O)c2ccc3nc[nH]c3c2)CC1. The van der Waals surface area contributed by atoms with Crippen LogP contribution in [0.4, 0.5) is 4.79 Å². The van der Waals surface area contributed by atoms with Gasteiger partial charge in [-0.1, -0.05) is 0 Å². The topological polar surface area (TPSA) is 78.5 Å². The number of methoxy groups -OCH3 is 1. The van der Waals surface area contributed by atoms with E-state index in [0.29, 0.717) is 31.7 Å². The standard InChI is InChI=1S/C14H16N4O3/c1-21-14(20)18-6-4-17(5-7-18)13(19)10-2-3-11-12(8-10)16-9-15-11/h2-3,8-9H,4-7H2,1H3,(H,15,16). The van der Waals surface area contributed by atoms with Crippen LogP contribution in [-0.4, -0.2) is 65.1 Å². The number of nitrogens with zero attached hydrogens (tertiary/aromatic N) is 3. The number of fused-ring (bicyclic) bond motifs is 1. The predicted molar refractivity (Wildman–Crippen MR) is 76.0 cm³/mol. The highest BCUT2D eigenvalue weighted by Crippen LogP contribution is 2.15. The van der Waals surface area contributed by atoms with Crippen molar-refractivity contribution in [1.29, 1.82) is 0 Å². The van der Waals surface area contributed by atoms with Gasteiger partial charge in [0.1, 0.15) is 0 Å². The Morgan fingerprint density at radius 3 is 2.62 bits per heavy atom. The Morgan fingerprint density at radius 2 is 1.90 bits per heavy atom. The second-order valence-electron chi connectivity index (χ2n) is 4.88. The molecule has 0 atom stereocenters. The minimum absolute atomic E-state index is 0.0315. The van der Waals surface area contributed by atoms with Crippen LogP contribution >= 0.6 is 0 Å². The molecule has 1 saturated heterocycles. The Morgan fingerprint density at radius 1 is 1.19 bits per heavy atom. The summed E-state index contributed by atoms with van der Waals surface area (Å²) in [6.45, 7) is 2.00. The number of aromatic nitrogens is 2. The van der Waals surface area contributed by atoms with Crippen molar-refractivity contribution in [3.8, 4) is 0 Å². The van der Waals surface area contributed by atoms with Crippen molar-refractivity contribution >= 4 is 23.0 Å². The summed E-state index contributed by atoms with van der Waals surface area (Å²) < 4.78 is 4.68. The smallest absolute Gasteiger partial charge is 0.409 e. The molecule has 1 N–H and O–H groups in total. The van der Waals surface area contributed by atoms with Crippen molar-refractivity contribution in [3.63, 3.8) is 0 Å². The summed E-state index contributed by atoms with van der Waals surface area (Å²) in [4.78, 5) is 34.4. The van der Waals surface area contributed by atoms with Gasteiger partial charge in [0.2, 0.25) is 0 Å². The van der Waals surface area contributed by atoms with Crippen LogP contribution in [0, 0.1) is 0 Å². The number of rotatable bonds is 1. The molecule has 1 aliphatic rings. The lowest BCUT2D eigenvalue weighted by molar-refractivity contribution is 0.0600. The third-order valence-electron chi connectivity index (χ3n) is 3.67. The fraction of sp³-hybridized carbons (Fsp3) is 0.357. The lowest BCUT2D eigenvalue weighted by Gasteiger charge is -2.33. The van der Waals surface area contributed by atoms with Crippen molar-refractivity contribution in [3.05, 3.63) is 30.1 Å². The van der Waals surface area contributed by atoms with Crippen molar-refractivity contribution in [1.82, 2.24) is 19.8 Å². The minimum Gasteiger partial charge on any atom is -0.453 e. The van der Waals surface area contributed by atoms with Gasteiger partial charge in [0.25, 0.3) is 5.91 Å². The highest BCUT2D eigenvalue weighted by atomic mass is 16.5. The molecule has 0 spiro atoms. The average molecular weight is 288 g/mol. The second kappa shape index (κ2) is 5.43. The van der Waals surface area contributed by atoms with Gasteiger partial charge in [-0.3, -0.25) is 4.79 Å². The lowest BCUT2D eigenvalue weighted by atomic mass is 10.1. The molecule has 0 aliphatic carbocycles. The van der Waals surface area contributed by atoms with E-state index in [9.17, 15) is 9.59 Å². The van der Waals surface area contributed by atoms with E-state index < -0.39 is 0 Å².